The summed E-state index contributed by atoms with van der Waals surface area (Å²) in [6.45, 7) is 17.3. The molecule has 3 atom stereocenters. The van der Waals surface area contributed by atoms with Crippen LogP contribution in [-0.2, 0) is 14.3 Å². The Morgan fingerprint density at radius 3 is 2.34 bits per heavy atom. The van der Waals surface area contributed by atoms with Crippen molar-refractivity contribution in [1.29, 1.82) is 0 Å². The van der Waals surface area contributed by atoms with Crippen molar-refractivity contribution in [1.82, 2.24) is 15.5 Å². The molecule has 1 rings (SSSR count). The second-order valence-corrected chi connectivity index (χ2v) is 10.1. The first-order valence-electron chi connectivity index (χ1n) is 12.8. The number of hydrogen-bond donors (Lipinski definition) is 2. The van der Waals surface area contributed by atoms with E-state index in [1.54, 1.807) is 38.7 Å². The fourth-order valence-corrected chi connectivity index (χ4v) is 3.85. The lowest BCUT2D eigenvalue weighted by molar-refractivity contribution is -0.142. The van der Waals surface area contributed by atoms with E-state index in [-0.39, 0.29) is 17.9 Å². The summed E-state index contributed by atoms with van der Waals surface area (Å²) in [7, 11) is 0. The van der Waals surface area contributed by atoms with E-state index in [0.29, 0.717) is 12.1 Å². The zero-order chi connectivity index (χ0) is 26.6. The highest BCUT2D eigenvalue weighted by Crippen LogP contribution is 2.25. The number of nitrogens with one attached hydrogen (secondary N) is 2. The lowest BCUT2D eigenvalue weighted by atomic mass is 9.99. The summed E-state index contributed by atoms with van der Waals surface area (Å²) in [4.78, 5) is 41.2. The number of benzene rings is 1. The summed E-state index contributed by atoms with van der Waals surface area (Å²) in [6.07, 6.45) is 5.47. The molecule has 1 aromatic rings. The maximum Gasteiger partial charge on any atom is 0.408 e. The highest BCUT2D eigenvalue weighted by atomic mass is 16.6. The van der Waals surface area contributed by atoms with Gasteiger partial charge in [0.2, 0.25) is 11.8 Å². The molecule has 196 valence electrons. The van der Waals surface area contributed by atoms with E-state index < -0.39 is 23.8 Å². The normalized spacial score (nSPS) is 13.8. The number of ether oxygens (including phenoxy) is 1. The molecule has 0 fully saturated rings. The van der Waals surface area contributed by atoms with Crippen LogP contribution >= 0.6 is 0 Å². The van der Waals surface area contributed by atoms with Crippen molar-refractivity contribution in [3.63, 3.8) is 0 Å². The van der Waals surface area contributed by atoms with Crippen LogP contribution in [0.1, 0.15) is 97.7 Å². The quantitative estimate of drug-likeness (QED) is 0.354. The van der Waals surface area contributed by atoms with Crippen molar-refractivity contribution < 1.29 is 19.1 Å². The van der Waals surface area contributed by atoms with Gasteiger partial charge in [0.1, 0.15) is 17.7 Å². The Labute approximate surface area is 211 Å². The Kier molecular flexibility index (Phi) is 12.5. The Balaban J connectivity index is 3.36. The van der Waals surface area contributed by atoms with Crippen LogP contribution in [-0.4, -0.2) is 47.0 Å². The number of nitrogens with zero attached hydrogens (tertiary/aromatic N) is 1. The molecule has 0 aliphatic rings. The molecule has 0 radical (unpaired) electrons. The Morgan fingerprint density at radius 1 is 1.09 bits per heavy atom. The zero-order valence-electron chi connectivity index (χ0n) is 22.6. The topological polar surface area (TPSA) is 87.7 Å². The van der Waals surface area contributed by atoms with E-state index >= 15 is 0 Å². The van der Waals surface area contributed by atoms with Gasteiger partial charge in [0.05, 0.1) is 0 Å². The van der Waals surface area contributed by atoms with Gasteiger partial charge in [0.25, 0.3) is 0 Å². The minimum atomic E-state index is -0.863. The minimum Gasteiger partial charge on any atom is -0.444 e. The van der Waals surface area contributed by atoms with Crippen LogP contribution in [0.25, 0.3) is 6.08 Å². The van der Waals surface area contributed by atoms with Gasteiger partial charge in [-0.1, -0.05) is 64.0 Å². The van der Waals surface area contributed by atoms with Crippen LogP contribution in [0.2, 0.25) is 0 Å². The number of amides is 3. The SMILES string of the molecule is C=Cc1cccc(C(C(=O)NC(C)CCC)N(CCCCC)C(=O)C(C)NC(=O)OC(C)(C)C)c1. The predicted molar refractivity (Wildman–Crippen MR) is 142 cm³/mol. The molecule has 7 heteroatoms. The van der Waals surface area contributed by atoms with Crippen molar-refractivity contribution in [2.45, 2.75) is 104 Å². The van der Waals surface area contributed by atoms with E-state index in [0.717, 1.165) is 37.7 Å². The first kappa shape index (κ1) is 30.2. The van der Waals surface area contributed by atoms with E-state index in [1.807, 2.05) is 31.2 Å². The smallest absolute Gasteiger partial charge is 0.408 e. The molecular formula is C28H45N3O4. The van der Waals surface area contributed by atoms with Crippen molar-refractivity contribution in [2.24, 2.45) is 0 Å². The van der Waals surface area contributed by atoms with Crippen molar-refractivity contribution in [3.8, 4) is 0 Å². The molecule has 7 nitrogen and oxygen atoms in total. The molecule has 0 bridgehead atoms. The van der Waals surface area contributed by atoms with Gasteiger partial charge in [-0.25, -0.2) is 4.79 Å². The van der Waals surface area contributed by atoms with Gasteiger partial charge in [0.15, 0.2) is 0 Å². The summed E-state index contributed by atoms with van der Waals surface area (Å²) >= 11 is 0. The first-order valence-corrected chi connectivity index (χ1v) is 12.8. The maximum absolute atomic E-state index is 13.7. The molecule has 0 saturated carbocycles. The zero-order valence-corrected chi connectivity index (χ0v) is 22.6. The Bertz CT molecular complexity index is 847. The molecule has 0 aromatic heterocycles. The van der Waals surface area contributed by atoms with Crippen LogP contribution in [0.5, 0.6) is 0 Å². The van der Waals surface area contributed by atoms with Gasteiger partial charge in [-0.2, -0.15) is 0 Å². The Morgan fingerprint density at radius 2 is 1.77 bits per heavy atom. The third-order valence-corrected chi connectivity index (χ3v) is 5.52. The maximum atomic E-state index is 13.7. The third kappa shape index (κ3) is 10.5. The fourth-order valence-electron chi connectivity index (χ4n) is 3.85. The van der Waals surface area contributed by atoms with Gasteiger partial charge in [0, 0.05) is 12.6 Å². The largest absolute Gasteiger partial charge is 0.444 e. The summed E-state index contributed by atoms with van der Waals surface area (Å²) in [5.74, 6) is -0.569. The van der Waals surface area contributed by atoms with E-state index in [4.69, 9.17) is 4.74 Å². The average Bonchev–Trinajstić information content (AvgIpc) is 2.76. The highest BCUT2D eigenvalue weighted by molar-refractivity contribution is 5.92. The molecular weight excluding hydrogens is 442 g/mol. The monoisotopic (exact) mass is 487 g/mol. The van der Waals surface area contributed by atoms with Crippen LogP contribution in [0.4, 0.5) is 4.79 Å². The van der Waals surface area contributed by atoms with E-state index in [9.17, 15) is 14.4 Å². The van der Waals surface area contributed by atoms with E-state index in [1.165, 1.54) is 0 Å². The molecule has 3 unspecified atom stereocenters. The summed E-state index contributed by atoms with van der Waals surface area (Å²) < 4.78 is 5.33. The predicted octanol–water partition coefficient (Wildman–Crippen LogP) is 5.61. The van der Waals surface area contributed by atoms with Gasteiger partial charge >= 0.3 is 6.09 Å². The molecule has 2 N–H and O–H groups in total. The molecule has 0 aliphatic carbocycles. The summed E-state index contributed by atoms with van der Waals surface area (Å²) in [6, 6.07) is 5.78. The van der Waals surface area contributed by atoms with Crippen LogP contribution < -0.4 is 10.6 Å². The lowest BCUT2D eigenvalue weighted by Gasteiger charge is -2.34. The highest BCUT2D eigenvalue weighted by Gasteiger charge is 2.35. The number of carbonyl (C=O) groups is 3. The summed E-state index contributed by atoms with van der Waals surface area (Å²) in [5.41, 5.74) is 0.886. The van der Waals surface area contributed by atoms with Gasteiger partial charge in [-0.3, -0.25) is 9.59 Å². The fraction of sp³-hybridized carbons (Fsp3) is 0.607. The Hall–Kier alpha value is -2.83. The van der Waals surface area contributed by atoms with Crippen LogP contribution in [0.15, 0.2) is 30.8 Å². The lowest BCUT2D eigenvalue weighted by Crippen LogP contribution is -2.52. The van der Waals surface area contributed by atoms with Crippen LogP contribution in [0.3, 0.4) is 0 Å². The third-order valence-electron chi connectivity index (χ3n) is 5.52. The standard InChI is InChI=1S/C28H45N3O4/c1-9-12-13-18-31(26(33)21(5)30-27(34)35-28(6,7)8)24(25(32)29-20(4)15-10-2)23-17-14-16-22(11-3)19-23/h11,14,16-17,19-21,24H,3,9-10,12-13,15,18H2,1-2,4-8H3,(H,29,32)(H,30,34). The van der Waals surface area contributed by atoms with Crippen LogP contribution in [0, 0.1) is 0 Å². The molecule has 35 heavy (non-hydrogen) atoms. The average molecular weight is 488 g/mol. The second-order valence-electron chi connectivity index (χ2n) is 10.1. The number of alkyl carbamates (subject to hydrolysis) is 1. The van der Waals surface area contributed by atoms with Crippen molar-refractivity contribution in [2.75, 3.05) is 6.54 Å². The van der Waals surface area contributed by atoms with Gasteiger partial charge < -0.3 is 20.3 Å². The number of unbranched alkanes of at least 4 members (excludes halogenated alkanes) is 2. The number of carbonyl (C=O) groups excluding carboxylic acids is 3. The van der Waals surface area contributed by atoms with E-state index in [2.05, 4.69) is 31.1 Å². The molecule has 0 heterocycles. The first-order chi connectivity index (χ1) is 16.4. The van der Waals surface area contributed by atoms with Gasteiger partial charge in [-0.05, 0) is 64.7 Å². The molecule has 0 spiro atoms. The molecule has 0 aliphatic heterocycles. The molecule has 1 aromatic carbocycles. The molecule has 0 saturated heterocycles. The number of hydrogen-bond acceptors (Lipinski definition) is 4. The van der Waals surface area contributed by atoms with Crippen molar-refractivity contribution >= 4 is 24.0 Å². The minimum absolute atomic E-state index is 0.0255. The molecule has 3 amide bonds. The summed E-state index contributed by atoms with van der Waals surface area (Å²) in [5, 5.41) is 5.72. The van der Waals surface area contributed by atoms with Gasteiger partial charge in [-0.15, -0.1) is 0 Å². The number of rotatable bonds is 13. The van der Waals surface area contributed by atoms with Crippen molar-refractivity contribution in [3.05, 3.63) is 42.0 Å². The second kappa shape index (κ2) is 14.5.